The molecule has 0 spiro atoms. The van der Waals surface area contributed by atoms with E-state index < -0.39 is 11.4 Å². The molecule has 0 saturated heterocycles. The van der Waals surface area contributed by atoms with Gasteiger partial charge in [0.2, 0.25) is 0 Å². The fourth-order valence-corrected chi connectivity index (χ4v) is 1.49. The molecule has 19 heavy (non-hydrogen) atoms. The maximum atomic E-state index is 11.5. The largest absolute Gasteiger partial charge is 0.481 e. The van der Waals surface area contributed by atoms with Crippen LogP contribution < -0.4 is 10.6 Å². The van der Waals surface area contributed by atoms with E-state index in [-0.39, 0.29) is 12.6 Å². The SMILES string of the molecule is CC(C)(CNC(=O)NCc1ccc(Br)cc1)C(=O)O. The summed E-state index contributed by atoms with van der Waals surface area (Å²) in [6.07, 6.45) is 0. The van der Waals surface area contributed by atoms with Crippen molar-refractivity contribution < 1.29 is 14.7 Å². The maximum Gasteiger partial charge on any atom is 0.315 e. The number of hydrogen-bond donors (Lipinski definition) is 3. The second-order valence-electron chi connectivity index (χ2n) is 4.85. The number of carboxylic acids is 1. The minimum absolute atomic E-state index is 0.0779. The van der Waals surface area contributed by atoms with Gasteiger partial charge in [-0.05, 0) is 31.5 Å². The van der Waals surface area contributed by atoms with Crippen molar-refractivity contribution in [1.82, 2.24) is 10.6 Å². The molecule has 1 rings (SSSR count). The van der Waals surface area contributed by atoms with Crippen LogP contribution in [0.1, 0.15) is 19.4 Å². The Morgan fingerprint density at radius 3 is 2.32 bits per heavy atom. The van der Waals surface area contributed by atoms with Crippen LogP contribution in [0.3, 0.4) is 0 Å². The van der Waals surface area contributed by atoms with E-state index in [9.17, 15) is 9.59 Å². The van der Waals surface area contributed by atoms with Gasteiger partial charge in [-0.1, -0.05) is 28.1 Å². The van der Waals surface area contributed by atoms with Gasteiger partial charge < -0.3 is 15.7 Å². The lowest BCUT2D eigenvalue weighted by atomic mass is 9.94. The molecule has 0 heterocycles. The Hall–Kier alpha value is -1.56. The summed E-state index contributed by atoms with van der Waals surface area (Å²) in [6, 6.07) is 7.19. The van der Waals surface area contributed by atoms with Crippen molar-refractivity contribution in [3.8, 4) is 0 Å². The average molecular weight is 329 g/mol. The molecule has 5 nitrogen and oxygen atoms in total. The van der Waals surface area contributed by atoms with E-state index in [1.807, 2.05) is 24.3 Å². The highest BCUT2D eigenvalue weighted by Crippen LogP contribution is 2.13. The average Bonchev–Trinajstić information content (AvgIpc) is 2.35. The minimum Gasteiger partial charge on any atom is -0.481 e. The smallest absolute Gasteiger partial charge is 0.315 e. The Labute approximate surface area is 120 Å². The van der Waals surface area contributed by atoms with E-state index in [0.717, 1.165) is 10.0 Å². The zero-order chi connectivity index (χ0) is 14.5. The van der Waals surface area contributed by atoms with Gasteiger partial charge in [0.05, 0.1) is 5.41 Å². The standard InChI is InChI=1S/C13H17BrN2O3/c1-13(2,11(17)18)8-16-12(19)15-7-9-3-5-10(14)6-4-9/h3-6H,7-8H2,1-2H3,(H,17,18)(H2,15,16,19). The number of carbonyl (C=O) groups is 2. The van der Waals surface area contributed by atoms with Gasteiger partial charge in [-0.3, -0.25) is 4.79 Å². The number of halogens is 1. The second-order valence-corrected chi connectivity index (χ2v) is 5.77. The molecule has 0 fully saturated rings. The minimum atomic E-state index is -0.977. The van der Waals surface area contributed by atoms with Gasteiger partial charge in [-0.15, -0.1) is 0 Å². The second kappa shape index (κ2) is 6.56. The van der Waals surface area contributed by atoms with Crippen LogP contribution in [0.25, 0.3) is 0 Å². The lowest BCUT2D eigenvalue weighted by Gasteiger charge is -2.19. The van der Waals surface area contributed by atoms with Crippen molar-refractivity contribution >= 4 is 27.9 Å². The summed E-state index contributed by atoms with van der Waals surface area (Å²) in [5.41, 5.74) is -0.00886. The zero-order valence-electron chi connectivity index (χ0n) is 10.9. The number of benzene rings is 1. The lowest BCUT2D eigenvalue weighted by molar-refractivity contribution is -0.146. The highest BCUT2D eigenvalue weighted by Gasteiger charge is 2.27. The summed E-state index contributed by atoms with van der Waals surface area (Å²) in [5, 5.41) is 14.1. The first kappa shape index (κ1) is 15.5. The van der Waals surface area contributed by atoms with Crippen molar-refractivity contribution in [1.29, 1.82) is 0 Å². The fourth-order valence-electron chi connectivity index (χ4n) is 1.22. The molecule has 104 valence electrons. The molecule has 1 aromatic rings. The molecular formula is C13H17BrN2O3. The molecule has 1 aromatic carbocycles. The molecule has 2 amide bonds. The lowest BCUT2D eigenvalue weighted by Crippen LogP contribution is -2.43. The normalized spacial score (nSPS) is 10.9. The molecule has 3 N–H and O–H groups in total. The van der Waals surface area contributed by atoms with Gasteiger partial charge in [-0.25, -0.2) is 4.79 Å². The predicted octanol–water partition coefficient (Wildman–Crippen LogP) is 2.36. The summed E-state index contributed by atoms with van der Waals surface area (Å²) >= 11 is 3.33. The van der Waals surface area contributed by atoms with E-state index >= 15 is 0 Å². The van der Waals surface area contributed by atoms with Crippen LogP contribution >= 0.6 is 15.9 Å². The Morgan fingerprint density at radius 1 is 1.21 bits per heavy atom. The molecule has 0 unspecified atom stereocenters. The van der Waals surface area contributed by atoms with Gasteiger partial charge in [0, 0.05) is 17.6 Å². The molecule has 0 radical (unpaired) electrons. The molecule has 0 aliphatic carbocycles. The van der Waals surface area contributed by atoms with E-state index in [1.54, 1.807) is 13.8 Å². The first-order valence-corrected chi connectivity index (χ1v) is 6.60. The summed E-state index contributed by atoms with van der Waals surface area (Å²) in [4.78, 5) is 22.4. The fraction of sp³-hybridized carbons (Fsp3) is 0.385. The monoisotopic (exact) mass is 328 g/mol. The van der Waals surface area contributed by atoms with Crippen LogP contribution in [0.15, 0.2) is 28.7 Å². The topological polar surface area (TPSA) is 78.4 Å². The van der Waals surface area contributed by atoms with Gasteiger partial charge in [0.1, 0.15) is 0 Å². The van der Waals surface area contributed by atoms with Crippen LogP contribution in [0.4, 0.5) is 4.79 Å². The Kier molecular flexibility index (Phi) is 5.35. The molecule has 0 aliphatic heterocycles. The number of nitrogens with one attached hydrogen (secondary N) is 2. The summed E-state index contributed by atoms with van der Waals surface area (Å²) in [7, 11) is 0. The van der Waals surface area contributed by atoms with Gasteiger partial charge in [-0.2, -0.15) is 0 Å². The van der Waals surface area contributed by atoms with Gasteiger partial charge >= 0.3 is 12.0 Å². The van der Waals surface area contributed by atoms with E-state index in [1.165, 1.54) is 0 Å². The van der Waals surface area contributed by atoms with Crippen LogP contribution in [0, 0.1) is 5.41 Å². The van der Waals surface area contributed by atoms with Crippen LogP contribution in [0.2, 0.25) is 0 Å². The molecule has 0 bridgehead atoms. The number of hydrogen-bond acceptors (Lipinski definition) is 2. The summed E-state index contributed by atoms with van der Waals surface area (Å²) in [6.45, 7) is 3.59. The molecule has 6 heteroatoms. The number of amides is 2. The van der Waals surface area contributed by atoms with Crippen molar-refractivity contribution in [3.05, 3.63) is 34.3 Å². The molecular weight excluding hydrogens is 312 g/mol. The zero-order valence-corrected chi connectivity index (χ0v) is 12.5. The first-order valence-electron chi connectivity index (χ1n) is 5.81. The van der Waals surface area contributed by atoms with E-state index in [4.69, 9.17) is 5.11 Å². The van der Waals surface area contributed by atoms with Crippen LogP contribution in [-0.4, -0.2) is 23.7 Å². The predicted molar refractivity (Wildman–Crippen MR) is 75.8 cm³/mol. The number of carboxylic acid groups (broad SMARTS) is 1. The van der Waals surface area contributed by atoms with E-state index in [0.29, 0.717) is 6.54 Å². The van der Waals surface area contributed by atoms with Crippen molar-refractivity contribution in [2.75, 3.05) is 6.54 Å². The quantitative estimate of drug-likeness (QED) is 0.776. The maximum absolute atomic E-state index is 11.5. The highest BCUT2D eigenvalue weighted by atomic mass is 79.9. The number of rotatable bonds is 5. The Morgan fingerprint density at radius 2 is 1.79 bits per heavy atom. The number of carbonyl (C=O) groups excluding carboxylic acids is 1. The van der Waals surface area contributed by atoms with E-state index in [2.05, 4.69) is 26.6 Å². The first-order chi connectivity index (χ1) is 8.81. The van der Waals surface area contributed by atoms with Gasteiger partial charge in [0.25, 0.3) is 0 Å². The summed E-state index contributed by atoms with van der Waals surface area (Å²) < 4.78 is 0.976. The third-order valence-electron chi connectivity index (χ3n) is 2.64. The third-order valence-corrected chi connectivity index (χ3v) is 3.16. The number of urea groups is 1. The third kappa shape index (κ3) is 5.30. The number of aliphatic carboxylic acids is 1. The molecule has 0 saturated carbocycles. The molecule has 0 atom stereocenters. The highest BCUT2D eigenvalue weighted by molar-refractivity contribution is 9.10. The summed E-state index contributed by atoms with van der Waals surface area (Å²) in [5.74, 6) is -0.944. The molecule has 0 aromatic heterocycles. The van der Waals surface area contributed by atoms with Crippen molar-refractivity contribution in [2.45, 2.75) is 20.4 Å². The Bertz CT molecular complexity index is 457. The van der Waals surface area contributed by atoms with Crippen LogP contribution in [0.5, 0.6) is 0 Å². The van der Waals surface area contributed by atoms with Crippen molar-refractivity contribution in [2.24, 2.45) is 5.41 Å². The van der Waals surface area contributed by atoms with Crippen molar-refractivity contribution in [3.63, 3.8) is 0 Å². The van der Waals surface area contributed by atoms with Crippen LogP contribution in [-0.2, 0) is 11.3 Å². The van der Waals surface area contributed by atoms with Gasteiger partial charge in [0.15, 0.2) is 0 Å². The Balaban J connectivity index is 2.36. The molecule has 0 aliphatic rings.